The maximum absolute atomic E-state index is 12.4. The number of rotatable bonds is 5. The van der Waals surface area contributed by atoms with Crippen LogP contribution in [0, 0.1) is 0 Å². The third-order valence-corrected chi connectivity index (χ3v) is 3.69. The van der Waals surface area contributed by atoms with Crippen LogP contribution in [-0.2, 0) is 24.2 Å². The van der Waals surface area contributed by atoms with Crippen molar-refractivity contribution < 1.29 is 4.79 Å². The van der Waals surface area contributed by atoms with E-state index in [0.717, 1.165) is 17.7 Å². The summed E-state index contributed by atoms with van der Waals surface area (Å²) < 4.78 is 1.68. The molecule has 0 aliphatic heterocycles. The van der Waals surface area contributed by atoms with Crippen LogP contribution in [0.5, 0.6) is 0 Å². The summed E-state index contributed by atoms with van der Waals surface area (Å²) in [7, 11) is 0. The number of hydrogen-bond donors (Lipinski definition) is 0. The van der Waals surface area contributed by atoms with Gasteiger partial charge in [-0.2, -0.15) is 0 Å². The molecule has 0 amide bonds. The molecule has 0 N–H and O–H groups in total. The van der Waals surface area contributed by atoms with Crippen molar-refractivity contribution in [1.29, 1.82) is 0 Å². The van der Waals surface area contributed by atoms with E-state index in [4.69, 9.17) is 11.6 Å². The average molecular weight is 304 g/mol. The zero-order chi connectivity index (χ0) is 15.4. The van der Waals surface area contributed by atoms with Gasteiger partial charge < -0.3 is 4.57 Å². The Labute approximate surface area is 129 Å². The Morgan fingerprint density at radius 3 is 2.29 bits per heavy atom. The van der Waals surface area contributed by atoms with Crippen molar-refractivity contribution in [3.63, 3.8) is 0 Å². The molecule has 0 aliphatic rings. The van der Waals surface area contributed by atoms with E-state index in [2.05, 4.69) is 19.1 Å². The van der Waals surface area contributed by atoms with Gasteiger partial charge >= 0.3 is 0 Å². The first kappa shape index (κ1) is 15.5. The predicted molar refractivity (Wildman–Crippen MR) is 85.8 cm³/mol. The fourth-order valence-corrected chi connectivity index (χ4v) is 2.53. The van der Waals surface area contributed by atoms with Gasteiger partial charge in [0, 0.05) is 12.1 Å². The molecule has 0 radical (unpaired) electrons. The Bertz CT molecular complexity index is 702. The van der Waals surface area contributed by atoms with Crippen molar-refractivity contribution in [2.24, 2.45) is 0 Å². The van der Waals surface area contributed by atoms with E-state index in [9.17, 15) is 9.59 Å². The highest BCUT2D eigenvalue weighted by atomic mass is 35.5. The minimum absolute atomic E-state index is 0.0323. The van der Waals surface area contributed by atoms with Gasteiger partial charge in [0.1, 0.15) is 0 Å². The summed E-state index contributed by atoms with van der Waals surface area (Å²) in [6.45, 7) is 4.57. The van der Waals surface area contributed by atoms with Crippen LogP contribution < -0.4 is 5.56 Å². The van der Waals surface area contributed by atoms with Crippen molar-refractivity contribution >= 4 is 16.8 Å². The molecule has 2 rings (SSSR count). The quantitative estimate of drug-likeness (QED) is 0.794. The molecule has 1 aromatic heterocycles. The Hall–Kier alpha value is -1.87. The first-order chi connectivity index (χ1) is 10.1. The van der Waals surface area contributed by atoms with Gasteiger partial charge in [-0.1, -0.05) is 37.3 Å². The van der Waals surface area contributed by atoms with Gasteiger partial charge in [-0.15, -0.1) is 0 Å². The van der Waals surface area contributed by atoms with E-state index < -0.39 is 5.24 Å². The second kappa shape index (κ2) is 6.72. The normalized spacial score (nSPS) is 10.6. The molecule has 0 bridgehead atoms. The van der Waals surface area contributed by atoms with Crippen LogP contribution in [0.3, 0.4) is 0 Å². The van der Waals surface area contributed by atoms with Gasteiger partial charge in [0.25, 0.3) is 5.56 Å². The van der Waals surface area contributed by atoms with Gasteiger partial charge in [-0.3, -0.25) is 9.59 Å². The fourth-order valence-electron chi connectivity index (χ4n) is 2.39. The highest BCUT2D eigenvalue weighted by molar-refractivity contribution is 6.63. The van der Waals surface area contributed by atoms with E-state index >= 15 is 0 Å². The molecule has 1 heterocycles. The minimum Gasteiger partial charge on any atom is -0.308 e. The zero-order valence-electron chi connectivity index (χ0n) is 12.2. The summed E-state index contributed by atoms with van der Waals surface area (Å²) >= 11 is 5.38. The number of benzene rings is 1. The van der Waals surface area contributed by atoms with Crippen LogP contribution in [0.4, 0.5) is 0 Å². The van der Waals surface area contributed by atoms with Crippen LogP contribution in [-0.4, -0.2) is 9.81 Å². The van der Waals surface area contributed by atoms with Gasteiger partial charge in [0.05, 0.1) is 12.1 Å². The Balaban J connectivity index is 2.51. The highest BCUT2D eigenvalue weighted by Crippen LogP contribution is 2.19. The van der Waals surface area contributed by atoms with E-state index in [1.807, 2.05) is 25.1 Å². The van der Waals surface area contributed by atoms with Crippen molar-refractivity contribution in [2.75, 3.05) is 0 Å². The summed E-state index contributed by atoms with van der Waals surface area (Å²) in [6.07, 6.45) is 0.951. The fraction of sp³-hybridized carbons (Fsp3) is 0.294. The summed E-state index contributed by atoms with van der Waals surface area (Å²) in [5.41, 5.74) is 3.40. The smallest absolute Gasteiger partial charge is 0.254 e. The number of pyridine rings is 1. The third kappa shape index (κ3) is 3.42. The Morgan fingerprint density at radius 1 is 1.10 bits per heavy atom. The lowest BCUT2D eigenvalue weighted by molar-refractivity contribution is -0.111. The van der Waals surface area contributed by atoms with E-state index in [0.29, 0.717) is 12.1 Å². The molecule has 110 valence electrons. The van der Waals surface area contributed by atoms with Crippen LogP contribution in [0.15, 0.2) is 41.2 Å². The summed E-state index contributed by atoms with van der Waals surface area (Å²) in [6, 6.07) is 11.7. The highest BCUT2D eigenvalue weighted by Gasteiger charge is 2.11. The van der Waals surface area contributed by atoms with E-state index in [1.54, 1.807) is 10.6 Å². The first-order valence-corrected chi connectivity index (χ1v) is 7.45. The van der Waals surface area contributed by atoms with Gasteiger partial charge in [0.2, 0.25) is 5.24 Å². The molecule has 2 aromatic rings. The second-order valence-electron chi connectivity index (χ2n) is 4.88. The summed E-state index contributed by atoms with van der Waals surface area (Å²) in [5.74, 6) is 0. The molecule has 0 atom stereocenters. The van der Waals surface area contributed by atoms with Crippen molar-refractivity contribution in [3.05, 3.63) is 57.9 Å². The molecule has 0 saturated heterocycles. The monoisotopic (exact) mass is 303 g/mol. The molecule has 1 aromatic carbocycles. The second-order valence-corrected chi connectivity index (χ2v) is 5.30. The summed E-state index contributed by atoms with van der Waals surface area (Å²) in [5, 5.41) is -0.519. The maximum Gasteiger partial charge on any atom is 0.254 e. The number of carbonyl (C=O) groups is 1. The van der Waals surface area contributed by atoms with Gasteiger partial charge in [-0.25, -0.2) is 0 Å². The van der Waals surface area contributed by atoms with E-state index in [-0.39, 0.29) is 12.0 Å². The Kier molecular flexibility index (Phi) is 4.97. The van der Waals surface area contributed by atoms with E-state index in [1.165, 1.54) is 5.56 Å². The van der Waals surface area contributed by atoms with Crippen molar-refractivity contribution in [3.8, 4) is 11.3 Å². The van der Waals surface area contributed by atoms with Crippen LogP contribution in [0.1, 0.15) is 25.0 Å². The molecule has 0 fully saturated rings. The topological polar surface area (TPSA) is 39.1 Å². The SMILES string of the molecule is CCc1ccc(-c2ccc(CC(=O)Cl)c(=O)n2CC)cc1. The van der Waals surface area contributed by atoms with Crippen molar-refractivity contribution in [2.45, 2.75) is 33.2 Å². The Morgan fingerprint density at radius 2 is 1.76 bits per heavy atom. The van der Waals surface area contributed by atoms with Gasteiger partial charge in [-0.05, 0) is 42.1 Å². The van der Waals surface area contributed by atoms with Crippen molar-refractivity contribution in [1.82, 2.24) is 4.57 Å². The number of halogens is 1. The number of aromatic nitrogens is 1. The van der Waals surface area contributed by atoms with Gasteiger partial charge in [0.15, 0.2) is 0 Å². The third-order valence-electron chi connectivity index (χ3n) is 3.56. The molecular formula is C17H18ClNO2. The molecule has 0 spiro atoms. The summed E-state index contributed by atoms with van der Waals surface area (Å²) in [4.78, 5) is 23.4. The van der Waals surface area contributed by atoms with Crippen LogP contribution in [0.25, 0.3) is 11.3 Å². The molecule has 0 saturated carbocycles. The maximum atomic E-state index is 12.4. The largest absolute Gasteiger partial charge is 0.308 e. The first-order valence-electron chi connectivity index (χ1n) is 7.07. The predicted octanol–water partition coefficient (Wildman–Crippen LogP) is 3.41. The lowest BCUT2D eigenvalue weighted by Gasteiger charge is -2.13. The lowest BCUT2D eigenvalue weighted by Crippen LogP contribution is -2.25. The standard InChI is InChI=1S/C17H18ClNO2/c1-3-12-5-7-13(8-6-12)15-10-9-14(11-16(18)20)17(21)19(15)4-2/h5-10H,3-4,11H2,1-2H3. The molecular weight excluding hydrogens is 286 g/mol. The molecule has 0 unspecified atom stereocenters. The van der Waals surface area contributed by atoms with Crippen LogP contribution in [0.2, 0.25) is 0 Å². The number of hydrogen-bond acceptors (Lipinski definition) is 2. The average Bonchev–Trinajstić information content (AvgIpc) is 2.49. The lowest BCUT2D eigenvalue weighted by atomic mass is 10.1. The molecule has 3 nitrogen and oxygen atoms in total. The number of aryl methyl sites for hydroxylation is 1. The number of nitrogens with zero attached hydrogens (tertiary/aromatic N) is 1. The molecule has 0 aliphatic carbocycles. The minimum atomic E-state index is -0.519. The zero-order valence-corrected chi connectivity index (χ0v) is 13.0. The number of carbonyl (C=O) groups excluding carboxylic acids is 1. The van der Waals surface area contributed by atoms with Crippen LogP contribution >= 0.6 is 11.6 Å². The molecule has 4 heteroatoms. The molecule has 21 heavy (non-hydrogen) atoms.